The minimum Gasteiger partial charge on any atom is -0.408 e. The van der Waals surface area contributed by atoms with Crippen LogP contribution in [0.15, 0.2) is 62.5 Å². The lowest BCUT2D eigenvalue weighted by molar-refractivity contribution is -0.122. The number of carbonyl (C=O) groups excluding carboxylic acids is 2. The first kappa shape index (κ1) is 20.1. The maximum absolute atomic E-state index is 12.6. The number of oxazole rings is 1. The van der Waals surface area contributed by atoms with Crippen molar-refractivity contribution in [3.8, 4) is 0 Å². The number of rotatable bonds is 5. The highest BCUT2D eigenvalue weighted by Gasteiger charge is 2.17. The lowest BCUT2D eigenvalue weighted by Gasteiger charge is -2.11. The number of fused-ring (bicyclic) bond motifs is 2. The van der Waals surface area contributed by atoms with Gasteiger partial charge in [0.15, 0.2) is 11.3 Å². The van der Waals surface area contributed by atoms with Crippen LogP contribution in [-0.4, -0.2) is 26.2 Å². The van der Waals surface area contributed by atoms with Crippen molar-refractivity contribution in [2.24, 2.45) is 0 Å². The molecule has 31 heavy (non-hydrogen) atoms. The molecule has 0 aliphatic rings. The summed E-state index contributed by atoms with van der Waals surface area (Å²) in [7, 11) is 0. The van der Waals surface area contributed by atoms with E-state index in [0.717, 1.165) is 0 Å². The summed E-state index contributed by atoms with van der Waals surface area (Å²) in [5.41, 5.74) is 5.38. The standard InChI is InChI=1S/C21H19N5O5/c1-2-26-20(29)14-8-4-3-7-13(14)18(24-26)19(28)23-22-17(27)11-12-25-15-9-5-6-10-16(15)31-21(25)30/h3-10H,2,11-12H2,1H3,(H,22,27)(H,23,28). The topological polar surface area (TPSA) is 128 Å². The van der Waals surface area contributed by atoms with E-state index < -0.39 is 17.6 Å². The van der Waals surface area contributed by atoms with Gasteiger partial charge in [-0.2, -0.15) is 5.10 Å². The van der Waals surface area contributed by atoms with E-state index in [2.05, 4.69) is 16.0 Å². The van der Waals surface area contributed by atoms with Gasteiger partial charge in [0.05, 0.1) is 10.9 Å². The first-order valence-electron chi connectivity index (χ1n) is 9.67. The first-order chi connectivity index (χ1) is 15.0. The monoisotopic (exact) mass is 421 g/mol. The van der Waals surface area contributed by atoms with Crippen LogP contribution >= 0.6 is 0 Å². The fourth-order valence-electron chi connectivity index (χ4n) is 3.30. The zero-order valence-corrected chi connectivity index (χ0v) is 16.6. The molecule has 0 radical (unpaired) electrons. The number of aryl methyl sites for hydroxylation is 2. The van der Waals surface area contributed by atoms with Gasteiger partial charge in [-0.15, -0.1) is 0 Å². The Kier molecular flexibility index (Phi) is 5.35. The molecule has 2 N–H and O–H groups in total. The summed E-state index contributed by atoms with van der Waals surface area (Å²) >= 11 is 0. The molecule has 0 atom stereocenters. The fourth-order valence-corrected chi connectivity index (χ4v) is 3.30. The van der Waals surface area contributed by atoms with Crippen molar-refractivity contribution in [1.82, 2.24) is 25.2 Å². The molecule has 2 amide bonds. The molecule has 2 aromatic heterocycles. The molecule has 4 rings (SSSR count). The number of aromatic nitrogens is 3. The van der Waals surface area contributed by atoms with Crippen LogP contribution in [0.5, 0.6) is 0 Å². The second kappa shape index (κ2) is 8.27. The number of benzene rings is 2. The Bertz CT molecular complexity index is 1420. The van der Waals surface area contributed by atoms with Gasteiger partial charge in [-0.3, -0.25) is 29.8 Å². The van der Waals surface area contributed by atoms with Crippen LogP contribution in [0.3, 0.4) is 0 Å². The third kappa shape index (κ3) is 3.82. The minimum atomic E-state index is -0.655. The predicted molar refractivity (Wildman–Crippen MR) is 112 cm³/mol. The summed E-state index contributed by atoms with van der Waals surface area (Å²) < 4.78 is 7.67. The number of hydrogen-bond acceptors (Lipinski definition) is 6. The van der Waals surface area contributed by atoms with Crippen molar-refractivity contribution in [2.75, 3.05) is 0 Å². The number of nitrogens with zero attached hydrogens (tertiary/aromatic N) is 3. The van der Waals surface area contributed by atoms with Crippen LogP contribution in [0.2, 0.25) is 0 Å². The fraction of sp³-hybridized carbons (Fsp3) is 0.190. The summed E-state index contributed by atoms with van der Waals surface area (Å²) in [5.74, 6) is -1.72. The lowest BCUT2D eigenvalue weighted by atomic mass is 10.1. The van der Waals surface area contributed by atoms with Crippen LogP contribution in [0.25, 0.3) is 21.9 Å². The molecule has 0 fully saturated rings. The van der Waals surface area contributed by atoms with Crippen LogP contribution in [-0.2, 0) is 17.9 Å². The lowest BCUT2D eigenvalue weighted by Crippen LogP contribution is -2.43. The van der Waals surface area contributed by atoms with E-state index in [1.165, 1.54) is 9.25 Å². The molecule has 0 unspecified atom stereocenters. The third-order valence-electron chi connectivity index (χ3n) is 4.83. The van der Waals surface area contributed by atoms with Crippen LogP contribution < -0.4 is 22.2 Å². The molecular weight excluding hydrogens is 402 g/mol. The zero-order valence-electron chi connectivity index (χ0n) is 16.6. The van der Waals surface area contributed by atoms with Gasteiger partial charge in [-0.1, -0.05) is 30.3 Å². The van der Waals surface area contributed by atoms with Crippen molar-refractivity contribution >= 4 is 33.7 Å². The van der Waals surface area contributed by atoms with E-state index in [1.807, 2.05) is 0 Å². The number of nitrogens with one attached hydrogen (secondary N) is 2. The van der Waals surface area contributed by atoms with Crippen LogP contribution in [0.4, 0.5) is 0 Å². The molecule has 158 valence electrons. The second-order valence-electron chi connectivity index (χ2n) is 6.75. The molecule has 2 aromatic carbocycles. The minimum absolute atomic E-state index is 0.0226. The van der Waals surface area contributed by atoms with Gasteiger partial charge >= 0.3 is 5.76 Å². The summed E-state index contributed by atoms with van der Waals surface area (Å²) in [6.07, 6.45) is -0.0631. The van der Waals surface area contributed by atoms with Crippen LogP contribution in [0.1, 0.15) is 23.8 Å². The first-order valence-corrected chi connectivity index (χ1v) is 9.67. The van der Waals surface area contributed by atoms with E-state index in [-0.39, 0.29) is 24.2 Å². The van der Waals surface area contributed by atoms with E-state index in [4.69, 9.17) is 4.42 Å². The maximum Gasteiger partial charge on any atom is 0.419 e. The number of carbonyl (C=O) groups is 2. The molecule has 10 heteroatoms. The summed E-state index contributed by atoms with van der Waals surface area (Å²) in [6.45, 7) is 2.12. The predicted octanol–water partition coefficient (Wildman–Crippen LogP) is 1.18. The Labute approximate surface area is 175 Å². The van der Waals surface area contributed by atoms with Crippen molar-refractivity contribution in [1.29, 1.82) is 0 Å². The Hall–Kier alpha value is -4.21. The van der Waals surface area contributed by atoms with Crippen molar-refractivity contribution in [2.45, 2.75) is 26.4 Å². The Morgan fingerprint density at radius 1 is 1.00 bits per heavy atom. The van der Waals surface area contributed by atoms with Gasteiger partial charge in [-0.05, 0) is 25.1 Å². The average Bonchev–Trinajstić information content (AvgIpc) is 3.11. The smallest absolute Gasteiger partial charge is 0.408 e. The van der Waals surface area contributed by atoms with E-state index in [1.54, 1.807) is 55.5 Å². The Morgan fingerprint density at radius 2 is 1.71 bits per heavy atom. The number of amides is 2. The SMILES string of the molecule is CCn1nc(C(=O)NNC(=O)CCn2c(=O)oc3ccccc32)c2ccccc2c1=O. The molecule has 2 heterocycles. The molecule has 0 saturated heterocycles. The van der Waals surface area contributed by atoms with Gasteiger partial charge in [-0.25, -0.2) is 9.48 Å². The Balaban J connectivity index is 1.46. The molecule has 0 bridgehead atoms. The third-order valence-corrected chi connectivity index (χ3v) is 4.83. The molecular formula is C21H19N5O5. The van der Waals surface area contributed by atoms with Crippen LogP contribution in [0, 0.1) is 0 Å². The van der Waals surface area contributed by atoms with Crippen molar-refractivity contribution < 1.29 is 14.0 Å². The number of hydrazine groups is 1. The molecule has 4 aromatic rings. The van der Waals surface area contributed by atoms with Gasteiger partial charge < -0.3 is 4.42 Å². The highest BCUT2D eigenvalue weighted by molar-refractivity contribution is 6.05. The second-order valence-corrected chi connectivity index (χ2v) is 6.75. The van der Waals surface area contributed by atoms with Gasteiger partial charge in [0.25, 0.3) is 11.5 Å². The van der Waals surface area contributed by atoms with Crippen molar-refractivity contribution in [3.05, 3.63) is 75.1 Å². The Morgan fingerprint density at radius 3 is 2.48 bits per heavy atom. The summed E-state index contributed by atoms with van der Waals surface area (Å²) in [4.78, 5) is 49.2. The van der Waals surface area contributed by atoms with E-state index >= 15 is 0 Å². The largest absolute Gasteiger partial charge is 0.419 e. The van der Waals surface area contributed by atoms with Crippen molar-refractivity contribution in [3.63, 3.8) is 0 Å². The highest BCUT2D eigenvalue weighted by Crippen LogP contribution is 2.13. The number of hydrogen-bond donors (Lipinski definition) is 2. The molecule has 10 nitrogen and oxygen atoms in total. The number of para-hydroxylation sites is 2. The average molecular weight is 421 g/mol. The van der Waals surface area contributed by atoms with Gasteiger partial charge in [0.1, 0.15) is 0 Å². The summed E-state index contributed by atoms with van der Waals surface area (Å²) in [6, 6.07) is 13.5. The normalized spacial score (nSPS) is 11.0. The summed E-state index contributed by atoms with van der Waals surface area (Å²) in [5, 5.41) is 4.86. The van der Waals surface area contributed by atoms with E-state index in [9.17, 15) is 19.2 Å². The quantitative estimate of drug-likeness (QED) is 0.466. The van der Waals surface area contributed by atoms with Gasteiger partial charge in [0, 0.05) is 24.9 Å². The highest BCUT2D eigenvalue weighted by atomic mass is 16.4. The van der Waals surface area contributed by atoms with E-state index in [0.29, 0.717) is 28.4 Å². The molecule has 0 aliphatic heterocycles. The van der Waals surface area contributed by atoms with Gasteiger partial charge in [0.2, 0.25) is 5.91 Å². The maximum atomic E-state index is 12.6. The molecule has 0 spiro atoms. The molecule has 0 saturated carbocycles. The molecule has 0 aliphatic carbocycles. The zero-order chi connectivity index (χ0) is 22.0.